The number of nitrogens with zero attached hydrogens (tertiary/aromatic N) is 2. The minimum atomic E-state index is -0.354. The van der Waals surface area contributed by atoms with Gasteiger partial charge in [-0.15, -0.1) is 10.2 Å². The summed E-state index contributed by atoms with van der Waals surface area (Å²) in [6.45, 7) is 0. The van der Waals surface area contributed by atoms with Crippen molar-refractivity contribution in [1.29, 1.82) is 0 Å². The van der Waals surface area contributed by atoms with Crippen molar-refractivity contribution in [2.24, 2.45) is 0 Å². The number of halogens is 1. The molecule has 1 heterocycles. The molecule has 0 radical (unpaired) electrons. The first-order chi connectivity index (χ1) is 13.0. The van der Waals surface area contributed by atoms with Gasteiger partial charge in [-0.3, -0.25) is 10.1 Å². The van der Waals surface area contributed by atoms with Crippen LogP contribution in [0.4, 0.5) is 5.13 Å². The Morgan fingerprint density at radius 3 is 2.19 bits per heavy atom. The molecular weight excluding hydrogens is 434 g/mol. The summed E-state index contributed by atoms with van der Waals surface area (Å²) in [5, 5.41) is 12.0. The van der Waals surface area contributed by atoms with Crippen molar-refractivity contribution >= 4 is 38.3 Å². The van der Waals surface area contributed by atoms with Crippen LogP contribution in [0.5, 0.6) is 17.2 Å². The zero-order chi connectivity index (χ0) is 19.4. The van der Waals surface area contributed by atoms with Crippen LogP contribution in [0.2, 0.25) is 0 Å². The summed E-state index contributed by atoms with van der Waals surface area (Å²) in [5.41, 5.74) is 1.27. The molecule has 27 heavy (non-hydrogen) atoms. The Kier molecular flexibility index (Phi) is 5.92. The second-order valence-corrected chi connectivity index (χ2v) is 7.18. The van der Waals surface area contributed by atoms with Gasteiger partial charge in [-0.1, -0.05) is 39.4 Å². The number of methoxy groups -OCH3 is 3. The molecule has 0 spiro atoms. The monoisotopic (exact) mass is 449 g/mol. The second-order valence-electron chi connectivity index (χ2n) is 5.29. The van der Waals surface area contributed by atoms with Crippen molar-refractivity contribution in [3.05, 3.63) is 46.4 Å². The van der Waals surface area contributed by atoms with E-state index in [1.54, 1.807) is 12.1 Å². The quantitative estimate of drug-likeness (QED) is 0.605. The third-order valence-corrected chi connectivity index (χ3v) is 5.08. The highest BCUT2D eigenvalue weighted by atomic mass is 79.9. The zero-order valence-electron chi connectivity index (χ0n) is 14.8. The molecule has 3 rings (SSSR count). The van der Waals surface area contributed by atoms with Gasteiger partial charge in [0.25, 0.3) is 5.91 Å². The van der Waals surface area contributed by atoms with Crippen LogP contribution in [0.25, 0.3) is 10.6 Å². The average Bonchev–Trinajstić information content (AvgIpc) is 3.15. The Morgan fingerprint density at radius 1 is 1.00 bits per heavy atom. The molecule has 0 aliphatic heterocycles. The molecule has 0 fully saturated rings. The van der Waals surface area contributed by atoms with E-state index in [0.717, 1.165) is 10.0 Å². The summed E-state index contributed by atoms with van der Waals surface area (Å²) in [5.74, 6) is 0.863. The van der Waals surface area contributed by atoms with E-state index in [-0.39, 0.29) is 5.91 Å². The van der Waals surface area contributed by atoms with Gasteiger partial charge in [-0.2, -0.15) is 0 Å². The Bertz CT molecular complexity index is 934. The minimum Gasteiger partial charge on any atom is -0.493 e. The summed E-state index contributed by atoms with van der Waals surface area (Å²) >= 11 is 4.68. The van der Waals surface area contributed by atoms with E-state index in [0.29, 0.717) is 33.0 Å². The predicted octanol–water partition coefficient (Wildman–Crippen LogP) is 4.25. The number of ether oxygens (including phenoxy) is 3. The van der Waals surface area contributed by atoms with Gasteiger partial charge in [0.2, 0.25) is 10.9 Å². The van der Waals surface area contributed by atoms with Crippen LogP contribution in [0, 0.1) is 0 Å². The van der Waals surface area contributed by atoms with Crippen molar-refractivity contribution in [3.63, 3.8) is 0 Å². The Balaban J connectivity index is 1.82. The molecule has 0 aliphatic rings. The van der Waals surface area contributed by atoms with Crippen LogP contribution < -0.4 is 19.5 Å². The molecule has 3 aromatic rings. The van der Waals surface area contributed by atoms with E-state index in [4.69, 9.17) is 14.2 Å². The number of hydrogen-bond donors (Lipinski definition) is 1. The van der Waals surface area contributed by atoms with Crippen molar-refractivity contribution in [3.8, 4) is 27.8 Å². The maximum Gasteiger partial charge on any atom is 0.257 e. The largest absolute Gasteiger partial charge is 0.493 e. The lowest BCUT2D eigenvalue weighted by atomic mass is 10.1. The molecule has 0 unspecified atom stereocenters. The van der Waals surface area contributed by atoms with Crippen molar-refractivity contribution in [2.45, 2.75) is 0 Å². The first-order valence-electron chi connectivity index (χ1n) is 7.76. The molecule has 1 N–H and O–H groups in total. The van der Waals surface area contributed by atoms with Crippen LogP contribution in [0.3, 0.4) is 0 Å². The van der Waals surface area contributed by atoms with Gasteiger partial charge in [0, 0.05) is 15.6 Å². The number of hydrogen-bond acceptors (Lipinski definition) is 7. The van der Waals surface area contributed by atoms with Crippen molar-refractivity contribution in [2.75, 3.05) is 26.6 Å². The fraction of sp³-hybridized carbons (Fsp3) is 0.167. The predicted molar refractivity (Wildman–Crippen MR) is 107 cm³/mol. The Hall–Kier alpha value is -2.65. The standard InChI is InChI=1S/C18H16BrN3O4S/c1-24-13-8-11(9-14(25-2)15(13)26-3)16(23)20-18-22-21-17(27-18)10-4-6-12(19)7-5-10/h4-9H,1-3H3,(H,20,22,23). The molecule has 0 saturated carbocycles. The van der Waals surface area contributed by atoms with E-state index in [1.807, 2.05) is 24.3 Å². The summed E-state index contributed by atoms with van der Waals surface area (Å²) in [6.07, 6.45) is 0. The molecule has 140 valence electrons. The molecule has 0 atom stereocenters. The topological polar surface area (TPSA) is 82.6 Å². The Morgan fingerprint density at radius 2 is 1.63 bits per heavy atom. The number of rotatable bonds is 6. The summed E-state index contributed by atoms with van der Waals surface area (Å²) in [7, 11) is 4.49. The second kappa shape index (κ2) is 8.36. The summed E-state index contributed by atoms with van der Waals surface area (Å²) in [6, 6.07) is 10.8. The average molecular weight is 450 g/mol. The van der Waals surface area contributed by atoms with Gasteiger partial charge in [0.05, 0.1) is 21.3 Å². The van der Waals surface area contributed by atoms with Crippen LogP contribution in [-0.4, -0.2) is 37.4 Å². The molecular formula is C18H16BrN3O4S. The number of carbonyl (C=O) groups is 1. The highest BCUT2D eigenvalue weighted by Crippen LogP contribution is 2.38. The van der Waals surface area contributed by atoms with Crippen LogP contribution in [0.1, 0.15) is 10.4 Å². The highest BCUT2D eigenvalue weighted by Gasteiger charge is 2.18. The summed E-state index contributed by atoms with van der Waals surface area (Å²) < 4.78 is 16.8. The van der Waals surface area contributed by atoms with Crippen molar-refractivity contribution in [1.82, 2.24) is 10.2 Å². The molecule has 1 aromatic heterocycles. The third-order valence-electron chi connectivity index (χ3n) is 3.66. The van der Waals surface area contributed by atoms with Crippen LogP contribution in [-0.2, 0) is 0 Å². The number of amides is 1. The third kappa shape index (κ3) is 4.20. The van der Waals surface area contributed by atoms with Crippen LogP contribution >= 0.6 is 27.3 Å². The number of benzene rings is 2. The van der Waals surface area contributed by atoms with E-state index < -0.39 is 0 Å². The lowest BCUT2D eigenvalue weighted by Gasteiger charge is -2.13. The SMILES string of the molecule is COc1cc(C(=O)Nc2nnc(-c3ccc(Br)cc3)s2)cc(OC)c1OC. The highest BCUT2D eigenvalue weighted by molar-refractivity contribution is 9.10. The molecule has 0 aliphatic carbocycles. The van der Waals surface area contributed by atoms with Gasteiger partial charge in [-0.25, -0.2) is 0 Å². The van der Waals surface area contributed by atoms with Gasteiger partial charge in [-0.05, 0) is 24.3 Å². The van der Waals surface area contributed by atoms with E-state index in [2.05, 4.69) is 31.4 Å². The van der Waals surface area contributed by atoms with Gasteiger partial charge in [0.15, 0.2) is 11.5 Å². The molecule has 9 heteroatoms. The van der Waals surface area contributed by atoms with Gasteiger partial charge in [0.1, 0.15) is 5.01 Å². The van der Waals surface area contributed by atoms with Crippen LogP contribution in [0.15, 0.2) is 40.9 Å². The normalized spacial score (nSPS) is 10.4. The first kappa shape index (κ1) is 19.1. The zero-order valence-corrected chi connectivity index (χ0v) is 17.2. The molecule has 7 nitrogen and oxygen atoms in total. The van der Waals surface area contributed by atoms with E-state index in [1.165, 1.54) is 32.7 Å². The molecule has 0 bridgehead atoms. The van der Waals surface area contributed by atoms with Gasteiger partial charge >= 0.3 is 0 Å². The lowest BCUT2D eigenvalue weighted by molar-refractivity contribution is 0.102. The van der Waals surface area contributed by atoms with E-state index in [9.17, 15) is 4.79 Å². The van der Waals surface area contributed by atoms with E-state index >= 15 is 0 Å². The lowest BCUT2D eigenvalue weighted by Crippen LogP contribution is -2.12. The number of aromatic nitrogens is 2. The first-order valence-corrected chi connectivity index (χ1v) is 9.37. The maximum atomic E-state index is 12.6. The Labute approximate surface area is 168 Å². The van der Waals surface area contributed by atoms with Gasteiger partial charge < -0.3 is 14.2 Å². The summed E-state index contributed by atoms with van der Waals surface area (Å²) in [4.78, 5) is 12.6. The molecule has 2 aromatic carbocycles. The maximum absolute atomic E-state index is 12.6. The fourth-order valence-electron chi connectivity index (χ4n) is 2.36. The van der Waals surface area contributed by atoms with Crippen molar-refractivity contribution < 1.29 is 19.0 Å². The number of anilines is 1. The smallest absolute Gasteiger partial charge is 0.257 e. The number of nitrogens with one attached hydrogen (secondary N) is 1. The number of carbonyl (C=O) groups excluding carboxylic acids is 1. The fourth-order valence-corrected chi connectivity index (χ4v) is 3.37. The minimum absolute atomic E-state index is 0.352. The molecule has 1 amide bonds. The molecule has 0 saturated heterocycles.